The summed E-state index contributed by atoms with van der Waals surface area (Å²) in [7, 11) is 5.51. The van der Waals surface area contributed by atoms with Crippen LogP contribution in [0.1, 0.15) is 32.1 Å². The van der Waals surface area contributed by atoms with Crippen molar-refractivity contribution >= 4 is 47.6 Å². The minimum atomic E-state index is 0. The molecule has 0 bridgehead atoms. The summed E-state index contributed by atoms with van der Waals surface area (Å²) in [4.78, 5) is 20.5. The number of thioether (sulfide) groups is 1. The Bertz CT molecular complexity index is 429. The number of hydrogen-bond acceptors (Lipinski definition) is 4. The van der Waals surface area contributed by atoms with Crippen LogP contribution < -0.4 is 10.6 Å². The number of nitrogens with one attached hydrogen (secondary N) is 2. The smallest absolute Gasteiger partial charge is 0.239 e. The topological polar surface area (TPSA) is 60.0 Å². The highest BCUT2D eigenvalue weighted by atomic mass is 127. The number of guanidine groups is 1. The third kappa shape index (κ3) is 7.50. The third-order valence-electron chi connectivity index (χ3n) is 4.75. The minimum Gasteiger partial charge on any atom is -0.356 e. The summed E-state index contributed by atoms with van der Waals surface area (Å²) in [6.07, 6.45) is 5.79. The Morgan fingerprint density at radius 2 is 2.08 bits per heavy atom. The molecule has 25 heavy (non-hydrogen) atoms. The second kappa shape index (κ2) is 12.2. The van der Waals surface area contributed by atoms with Crippen LogP contribution in [-0.2, 0) is 4.79 Å². The van der Waals surface area contributed by atoms with Crippen LogP contribution in [0.5, 0.6) is 0 Å². The molecule has 1 amide bonds. The molecule has 2 saturated heterocycles. The summed E-state index contributed by atoms with van der Waals surface area (Å²) in [6, 6.07) is 0.0804. The third-order valence-corrected chi connectivity index (χ3v) is 6.15. The Hall–Kier alpha value is -0.220. The lowest BCUT2D eigenvalue weighted by molar-refractivity contribution is -0.133. The predicted molar refractivity (Wildman–Crippen MR) is 118 cm³/mol. The zero-order valence-corrected chi connectivity index (χ0v) is 18.9. The van der Waals surface area contributed by atoms with Crippen LogP contribution >= 0.6 is 35.7 Å². The van der Waals surface area contributed by atoms with Crippen molar-refractivity contribution < 1.29 is 4.79 Å². The molecular weight excluding hydrogens is 449 g/mol. The molecule has 2 atom stereocenters. The number of likely N-dealkylation sites (N-methyl/N-ethyl adjacent to an activating group) is 1. The van der Waals surface area contributed by atoms with Crippen molar-refractivity contribution in [3.63, 3.8) is 0 Å². The van der Waals surface area contributed by atoms with Gasteiger partial charge in [0.25, 0.3) is 0 Å². The number of halogens is 1. The second-order valence-corrected chi connectivity index (χ2v) is 8.20. The van der Waals surface area contributed by atoms with Crippen molar-refractivity contribution in [2.45, 2.75) is 43.4 Å². The first kappa shape index (κ1) is 22.8. The minimum absolute atomic E-state index is 0. The molecule has 8 heteroatoms. The average molecular weight is 483 g/mol. The Balaban J connectivity index is 0.00000312. The van der Waals surface area contributed by atoms with Gasteiger partial charge in [-0.2, -0.15) is 11.8 Å². The number of hydrogen-bond donors (Lipinski definition) is 2. The predicted octanol–water partition coefficient (Wildman–Crippen LogP) is 1.61. The maximum absolute atomic E-state index is 12.2. The fourth-order valence-electron chi connectivity index (χ4n) is 3.40. The zero-order valence-electron chi connectivity index (χ0n) is 15.8. The molecule has 0 spiro atoms. The number of aliphatic imine (C=N–C) groups is 1. The molecule has 0 aromatic rings. The quantitative estimate of drug-likeness (QED) is 0.250. The van der Waals surface area contributed by atoms with Gasteiger partial charge in [0, 0.05) is 46.0 Å². The van der Waals surface area contributed by atoms with Gasteiger partial charge in [0.05, 0.1) is 6.04 Å². The average Bonchev–Trinajstić information content (AvgIpc) is 3.24. The van der Waals surface area contributed by atoms with Crippen LogP contribution in [0.4, 0.5) is 0 Å². The van der Waals surface area contributed by atoms with Crippen LogP contribution in [0.25, 0.3) is 0 Å². The van der Waals surface area contributed by atoms with Gasteiger partial charge in [0.2, 0.25) is 5.91 Å². The van der Waals surface area contributed by atoms with Crippen molar-refractivity contribution in [1.29, 1.82) is 0 Å². The van der Waals surface area contributed by atoms with E-state index in [2.05, 4.69) is 32.3 Å². The summed E-state index contributed by atoms with van der Waals surface area (Å²) >= 11 is 2.06. The lowest BCUT2D eigenvalue weighted by atomic mass is 10.2. The Labute approximate surface area is 174 Å². The van der Waals surface area contributed by atoms with Crippen molar-refractivity contribution in [3.8, 4) is 0 Å². The van der Waals surface area contributed by atoms with Gasteiger partial charge < -0.3 is 15.5 Å². The highest BCUT2D eigenvalue weighted by Gasteiger charge is 2.30. The standard InChI is InChI=1S/C17H33N5OS.HI/c1-18-17(20-13-14-7-5-12-24-14)19-9-6-11-22-10-4-8-15(22)16(23)21(2)3;/h14-15H,4-13H2,1-3H3,(H2,18,19,20);1H. The lowest BCUT2D eigenvalue weighted by Gasteiger charge is -2.26. The summed E-state index contributed by atoms with van der Waals surface area (Å²) in [6.45, 7) is 3.88. The van der Waals surface area contributed by atoms with E-state index in [1.165, 1.54) is 18.6 Å². The number of rotatable bonds is 7. The molecule has 0 aromatic heterocycles. The molecule has 2 fully saturated rings. The van der Waals surface area contributed by atoms with E-state index in [1.807, 2.05) is 21.1 Å². The summed E-state index contributed by atoms with van der Waals surface area (Å²) in [5.74, 6) is 2.43. The Kier molecular flexibility index (Phi) is 11.2. The first-order valence-corrected chi connectivity index (χ1v) is 10.2. The SMILES string of the molecule is CN=C(NCCCN1CCCC1C(=O)N(C)C)NCC1CCCS1.I. The van der Waals surface area contributed by atoms with Gasteiger partial charge in [0.1, 0.15) is 0 Å². The van der Waals surface area contributed by atoms with Crippen LogP contribution in [0.2, 0.25) is 0 Å². The highest BCUT2D eigenvalue weighted by Crippen LogP contribution is 2.25. The van der Waals surface area contributed by atoms with Gasteiger partial charge in [-0.15, -0.1) is 24.0 Å². The summed E-state index contributed by atoms with van der Waals surface area (Å²) in [5, 5.41) is 7.54. The van der Waals surface area contributed by atoms with Gasteiger partial charge in [-0.25, -0.2) is 0 Å². The molecule has 2 rings (SSSR count). The van der Waals surface area contributed by atoms with E-state index in [0.29, 0.717) is 0 Å². The lowest BCUT2D eigenvalue weighted by Crippen LogP contribution is -2.44. The number of likely N-dealkylation sites (tertiary alicyclic amines) is 1. The monoisotopic (exact) mass is 483 g/mol. The van der Waals surface area contributed by atoms with Gasteiger partial charge in [-0.1, -0.05) is 0 Å². The van der Waals surface area contributed by atoms with Gasteiger partial charge >= 0.3 is 0 Å². The van der Waals surface area contributed by atoms with Crippen molar-refractivity contribution in [1.82, 2.24) is 20.4 Å². The molecule has 0 aliphatic carbocycles. The number of amides is 1. The largest absolute Gasteiger partial charge is 0.356 e. The van der Waals surface area contributed by atoms with E-state index < -0.39 is 0 Å². The Morgan fingerprint density at radius 1 is 1.28 bits per heavy atom. The molecular formula is C17H34IN5OS. The van der Waals surface area contributed by atoms with Crippen molar-refractivity contribution in [3.05, 3.63) is 0 Å². The fraction of sp³-hybridized carbons (Fsp3) is 0.882. The molecule has 2 heterocycles. The van der Waals surface area contributed by atoms with Crippen LogP contribution in [0.3, 0.4) is 0 Å². The van der Waals surface area contributed by atoms with Crippen LogP contribution in [0, 0.1) is 0 Å². The summed E-state index contributed by atoms with van der Waals surface area (Å²) < 4.78 is 0. The molecule has 2 unspecified atom stereocenters. The molecule has 0 saturated carbocycles. The van der Waals surface area contributed by atoms with Gasteiger partial charge in [-0.05, 0) is 44.4 Å². The van der Waals surface area contributed by atoms with E-state index in [4.69, 9.17) is 0 Å². The first-order valence-electron chi connectivity index (χ1n) is 9.13. The van der Waals surface area contributed by atoms with Gasteiger partial charge in [0.15, 0.2) is 5.96 Å². The van der Waals surface area contributed by atoms with E-state index in [-0.39, 0.29) is 35.9 Å². The maximum Gasteiger partial charge on any atom is 0.239 e. The molecule has 2 aliphatic heterocycles. The fourth-order valence-corrected chi connectivity index (χ4v) is 4.60. The molecule has 0 aromatic carbocycles. The van der Waals surface area contributed by atoms with Crippen molar-refractivity contribution in [2.75, 3.05) is 53.1 Å². The van der Waals surface area contributed by atoms with Gasteiger partial charge in [-0.3, -0.25) is 14.7 Å². The number of carbonyl (C=O) groups excluding carboxylic acids is 1. The number of carbonyl (C=O) groups is 1. The molecule has 0 radical (unpaired) electrons. The van der Waals surface area contributed by atoms with E-state index in [1.54, 1.807) is 4.90 Å². The summed E-state index contributed by atoms with van der Waals surface area (Å²) in [5.41, 5.74) is 0. The second-order valence-electron chi connectivity index (χ2n) is 6.80. The van der Waals surface area contributed by atoms with E-state index in [9.17, 15) is 4.79 Å². The highest BCUT2D eigenvalue weighted by molar-refractivity contribution is 14.0. The van der Waals surface area contributed by atoms with E-state index in [0.717, 1.165) is 56.7 Å². The molecule has 146 valence electrons. The van der Waals surface area contributed by atoms with Crippen LogP contribution in [-0.4, -0.2) is 86.0 Å². The van der Waals surface area contributed by atoms with E-state index >= 15 is 0 Å². The molecule has 2 N–H and O–H groups in total. The van der Waals surface area contributed by atoms with Crippen molar-refractivity contribution in [2.24, 2.45) is 4.99 Å². The van der Waals surface area contributed by atoms with Crippen LogP contribution in [0.15, 0.2) is 4.99 Å². The molecule has 2 aliphatic rings. The Morgan fingerprint density at radius 3 is 2.72 bits per heavy atom. The molecule has 6 nitrogen and oxygen atoms in total. The normalized spacial score (nSPS) is 24.0. The number of nitrogens with zero attached hydrogens (tertiary/aromatic N) is 3. The zero-order chi connectivity index (χ0) is 17.4. The maximum atomic E-state index is 12.2. The first-order chi connectivity index (χ1) is 11.6.